The van der Waals surface area contributed by atoms with E-state index < -0.39 is 0 Å². The van der Waals surface area contributed by atoms with Crippen molar-refractivity contribution in [2.75, 3.05) is 6.61 Å². The summed E-state index contributed by atoms with van der Waals surface area (Å²) in [6, 6.07) is 10.4. The topological polar surface area (TPSA) is 27.7 Å². The Labute approximate surface area is 146 Å². The molecule has 4 heteroatoms. The van der Waals surface area contributed by atoms with Gasteiger partial charge in [0.05, 0.1) is 23.9 Å². The molecule has 0 aliphatic carbocycles. The van der Waals surface area contributed by atoms with Gasteiger partial charge in [-0.1, -0.05) is 50.3 Å². The second kappa shape index (κ2) is 6.01. The highest BCUT2D eigenvalue weighted by Gasteiger charge is 2.53. The Kier molecular flexibility index (Phi) is 4.44. The minimum Gasteiger partial charge on any atom is -0.400 e. The normalized spacial score (nSPS) is 28.3. The molecule has 1 atom stereocenters. The lowest BCUT2D eigenvalue weighted by atomic mass is 9.71. The summed E-state index contributed by atoms with van der Waals surface area (Å²) in [4.78, 5) is 0. The molecule has 0 amide bonds. The van der Waals surface area contributed by atoms with Crippen molar-refractivity contribution in [2.24, 2.45) is 5.41 Å². The Morgan fingerprint density at radius 2 is 1.50 bits per heavy atom. The van der Waals surface area contributed by atoms with Crippen LogP contribution in [0.4, 0.5) is 0 Å². The van der Waals surface area contributed by atoms with Crippen LogP contribution < -0.4 is 0 Å². The molecule has 0 unspecified atom stereocenters. The Bertz CT molecular complexity index is 603. The van der Waals surface area contributed by atoms with Gasteiger partial charge < -0.3 is 14.0 Å². The summed E-state index contributed by atoms with van der Waals surface area (Å²) in [5, 5.41) is 0. The largest absolute Gasteiger partial charge is 0.490 e. The minimum atomic E-state index is -0.321. The van der Waals surface area contributed by atoms with Crippen molar-refractivity contribution in [3.05, 3.63) is 47.4 Å². The maximum Gasteiger partial charge on any atom is 0.490 e. The number of ether oxygens (including phenoxy) is 1. The Balaban J connectivity index is 1.88. The number of benzene rings is 1. The lowest BCUT2D eigenvalue weighted by Gasteiger charge is -2.32. The van der Waals surface area contributed by atoms with E-state index in [9.17, 15) is 0 Å². The molecule has 3 nitrogen and oxygen atoms in total. The lowest BCUT2D eigenvalue weighted by Crippen LogP contribution is -2.41. The quantitative estimate of drug-likeness (QED) is 0.735. The molecule has 0 radical (unpaired) electrons. The molecule has 1 aromatic carbocycles. The van der Waals surface area contributed by atoms with Crippen molar-refractivity contribution >= 4 is 7.12 Å². The van der Waals surface area contributed by atoms with Gasteiger partial charge in [-0.05, 0) is 45.2 Å². The van der Waals surface area contributed by atoms with Gasteiger partial charge in [0.25, 0.3) is 0 Å². The van der Waals surface area contributed by atoms with Gasteiger partial charge in [-0.15, -0.1) is 0 Å². The van der Waals surface area contributed by atoms with Crippen molar-refractivity contribution in [2.45, 2.75) is 65.3 Å². The number of rotatable bonds is 2. The third-order valence-corrected chi connectivity index (χ3v) is 5.38. The first-order valence-corrected chi connectivity index (χ1v) is 8.83. The van der Waals surface area contributed by atoms with Gasteiger partial charge in [0.1, 0.15) is 0 Å². The summed E-state index contributed by atoms with van der Waals surface area (Å²) in [7, 11) is -0.304. The highest BCUT2D eigenvalue weighted by Crippen LogP contribution is 2.42. The van der Waals surface area contributed by atoms with E-state index in [1.54, 1.807) is 0 Å². The molecule has 24 heavy (non-hydrogen) atoms. The van der Waals surface area contributed by atoms with E-state index in [1.807, 2.05) is 6.07 Å². The van der Waals surface area contributed by atoms with Crippen LogP contribution in [0.3, 0.4) is 0 Å². The van der Waals surface area contributed by atoms with Crippen LogP contribution in [-0.2, 0) is 14.0 Å². The van der Waals surface area contributed by atoms with Crippen molar-refractivity contribution in [3.63, 3.8) is 0 Å². The van der Waals surface area contributed by atoms with E-state index in [0.29, 0.717) is 6.61 Å². The van der Waals surface area contributed by atoms with Gasteiger partial charge in [0, 0.05) is 5.41 Å². The molecule has 130 valence electrons. The van der Waals surface area contributed by atoms with E-state index in [-0.39, 0.29) is 29.8 Å². The number of hydrogen-bond acceptors (Lipinski definition) is 3. The Morgan fingerprint density at radius 1 is 0.917 bits per heavy atom. The predicted octanol–water partition coefficient (Wildman–Crippen LogP) is 4.73. The molecule has 2 aliphatic rings. The van der Waals surface area contributed by atoms with Gasteiger partial charge in [-0.25, -0.2) is 0 Å². The van der Waals surface area contributed by atoms with Crippen LogP contribution in [0.1, 0.15) is 59.6 Å². The van der Waals surface area contributed by atoms with Gasteiger partial charge in [-0.2, -0.15) is 0 Å². The van der Waals surface area contributed by atoms with Crippen LogP contribution in [0, 0.1) is 5.41 Å². The van der Waals surface area contributed by atoms with E-state index in [4.69, 9.17) is 14.0 Å². The SMILES string of the molecule is CC1(C)C=C(B2OC(C)(C)C(C)(C)O2)C[C@H](c2ccccc2)OC1. The van der Waals surface area contributed by atoms with Crippen LogP contribution >= 0.6 is 0 Å². The standard InChI is InChI=1S/C20H29BO3/c1-18(2)13-16(21-23-19(3,4)20(5,6)24-21)12-17(22-14-18)15-10-8-7-9-11-15/h7-11,13,17H,12,14H2,1-6H3/t17-/m1/s1. The van der Waals surface area contributed by atoms with Crippen LogP contribution in [0.25, 0.3) is 0 Å². The maximum absolute atomic E-state index is 6.29. The highest BCUT2D eigenvalue weighted by atomic mass is 16.7. The summed E-state index contributed by atoms with van der Waals surface area (Å²) in [5.41, 5.74) is 1.71. The summed E-state index contributed by atoms with van der Waals surface area (Å²) in [5.74, 6) is 0. The maximum atomic E-state index is 6.29. The second-order valence-electron chi connectivity index (χ2n) is 8.71. The first-order chi connectivity index (χ1) is 11.1. The molecular weight excluding hydrogens is 299 g/mol. The fraction of sp³-hybridized carbons (Fsp3) is 0.600. The van der Waals surface area contributed by atoms with Gasteiger partial charge in [0.15, 0.2) is 0 Å². The molecule has 1 aromatic rings. The molecule has 2 aliphatic heterocycles. The molecule has 1 saturated heterocycles. The van der Waals surface area contributed by atoms with E-state index >= 15 is 0 Å². The van der Waals surface area contributed by atoms with Crippen LogP contribution in [0.15, 0.2) is 41.9 Å². The zero-order valence-electron chi connectivity index (χ0n) is 15.8. The molecule has 0 aromatic heterocycles. The molecule has 0 N–H and O–H groups in total. The second-order valence-corrected chi connectivity index (χ2v) is 8.71. The molecule has 2 heterocycles. The summed E-state index contributed by atoms with van der Waals surface area (Å²) in [6.07, 6.45) is 3.13. The predicted molar refractivity (Wildman–Crippen MR) is 97.7 cm³/mol. The fourth-order valence-corrected chi connectivity index (χ4v) is 3.23. The first kappa shape index (κ1) is 17.7. The monoisotopic (exact) mass is 328 g/mol. The van der Waals surface area contributed by atoms with E-state index in [1.165, 1.54) is 11.0 Å². The van der Waals surface area contributed by atoms with Crippen molar-refractivity contribution in [1.29, 1.82) is 0 Å². The molecule has 0 bridgehead atoms. The third-order valence-electron chi connectivity index (χ3n) is 5.38. The smallest absolute Gasteiger partial charge is 0.400 e. The molecular formula is C20H29BO3. The van der Waals surface area contributed by atoms with Crippen LogP contribution in [0.2, 0.25) is 0 Å². The summed E-state index contributed by atoms with van der Waals surface area (Å²) >= 11 is 0. The molecule has 1 fully saturated rings. The van der Waals surface area contributed by atoms with Crippen LogP contribution in [-0.4, -0.2) is 24.9 Å². The summed E-state index contributed by atoms with van der Waals surface area (Å²) in [6.45, 7) is 13.5. The molecule has 0 saturated carbocycles. The highest BCUT2D eigenvalue weighted by molar-refractivity contribution is 6.54. The average molecular weight is 328 g/mol. The molecule has 0 spiro atoms. The van der Waals surface area contributed by atoms with Gasteiger partial charge in [0.2, 0.25) is 0 Å². The van der Waals surface area contributed by atoms with Crippen molar-refractivity contribution in [1.82, 2.24) is 0 Å². The fourth-order valence-electron chi connectivity index (χ4n) is 3.23. The Hall–Kier alpha value is -1.10. The third kappa shape index (κ3) is 3.46. The van der Waals surface area contributed by atoms with Crippen molar-refractivity contribution < 1.29 is 14.0 Å². The van der Waals surface area contributed by atoms with Gasteiger partial charge in [-0.3, -0.25) is 0 Å². The summed E-state index contributed by atoms with van der Waals surface area (Å²) < 4.78 is 18.8. The zero-order valence-corrected chi connectivity index (χ0v) is 15.8. The average Bonchev–Trinajstić information content (AvgIpc) is 2.62. The Morgan fingerprint density at radius 3 is 2.08 bits per heavy atom. The van der Waals surface area contributed by atoms with E-state index in [0.717, 1.165) is 6.42 Å². The van der Waals surface area contributed by atoms with Crippen molar-refractivity contribution in [3.8, 4) is 0 Å². The minimum absolute atomic E-state index is 0.0392. The van der Waals surface area contributed by atoms with Gasteiger partial charge >= 0.3 is 7.12 Å². The first-order valence-electron chi connectivity index (χ1n) is 8.83. The molecule has 3 rings (SSSR count). The lowest BCUT2D eigenvalue weighted by molar-refractivity contribution is 0.00578. The van der Waals surface area contributed by atoms with E-state index in [2.05, 4.69) is 71.9 Å². The number of hydrogen-bond donors (Lipinski definition) is 0. The van der Waals surface area contributed by atoms with Crippen LogP contribution in [0.5, 0.6) is 0 Å². The zero-order chi connectivity index (χ0) is 17.6.